The van der Waals surface area contributed by atoms with Crippen molar-refractivity contribution in [3.05, 3.63) is 36.0 Å². The van der Waals surface area contributed by atoms with Gasteiger partial charge < -0.3 is 34.4 Å². The van der Waals surface area contributed by atoms with Crippen LogP contribution in [0.2, 0.25) is 0 Å². The van der Waals surface area contributed by atoms with Gasteiger partial charge in [0.05, 0.1) is 24.7 Å². The third-order valence-electron chi connectivity index (χ3n) is 8.80. The molecule has 2 aliphatic heterocycles. The Bertz CT molecular complexity index is 1100. The van der Waals surface area contributed by atoms with Gasteiger partial charge in [-0.2, -0.15) is 0 Å². The van der Waals surface area contributed by atoms with Crippen LogP contribution in [0.15, 0.2) is 36.0 Å². The summed E-state index contributed by atoms with van der Waals surface area (Å²) in [7, 11) is 2.02. The van der Waals surface area contributed by atoms with Crippen molar-refractivity contribution < 1.29 is 38.9 Å². The van der Waals surface area contributed by atoms with Crippen molar-refractivity contribution in [1.29, 1.82) is 0 Å². The molecule has 11 nitrogen and oxygen atoms in total. The molecule has 0 aromatic heterocycles. The largest absolute Gasteiger partial charge is 0.449 e. The fraction of sp³-hybridized carbons (Fsp3) is 0.697. The Hall–Kier alpha value is -3.02. The first-order valence-corrected chi connectivity index (χ1v) is 15.9. The van der Waals surface area contributed by atoms with Gasteiger partial charge in [-0.25, -0.2) is 9.59 Å². The predicted octanol–water partition coefficient (Wildman–Crippen LogP) is 3.21. The van der Waals surface area contributed by atoms with E-state index in [0.29, 0.717) is 44.5 Å². The number of rotatable bonds is 6. The molecule has 0 aromatic carbocycles. The fourth-order valence-electron chi connectivity index (χ4n) is 5.75. The van der Waals surface area contributed by atoms with Gasteiger partial charge in [0.1, 0.15) is 6.10 Å². The van der Waals surface area contributed by atoms with E-state index in [1.54, 1.807) is 24.0 Å². The highest BCUT2D eigenvalue weighted by Crippen LogP contribution is 2.28. The first-order chi connectivity index (χ1) is 20.8. The molecule has 0 spiro atoms. The van der Waals surface area contributed by atoms with Gasteiger partial charge in [0.2, 0.25) is 11.6 Å². The number of amides is 2. The van der Waals surface area contributed by atoms with Crippen LogP contribution in [0.1, 0.15) is 53.4 Å². The summed E-state index contributed by atoms with van der Waals surface area (Å²) in [6.45, 7) is 11.2. The highest BCUT2D eigenvalue weighted by atomic mass is 16.6. The molecule has 3 aliphatic rings. The smallest absolute Gasteiger partial charge is 0.410 e. The van der Waals surface area contributed by atoms with Crippen molar-refractivity contribution >= 4 is 23.8 Å². The zero-order valence-electron chi connectivity index (χ0n) is 26.9. The van der Waals surface area contributed by atoms with Crippen LogP contribution in [-0.4, -0.2) is 120 Å². The Morgan fingerprint density at radius 1 is 0.977 bits per heavy atom. The van der Waals surface area contributed by atoms with Crippen LogP contribution in [0.5, 0.6) is 0 Å². The number of hydrogen-bond donors (Lipinski definition) is 2. The minimum absolute atomic E-state index is 0.0982. The molecule has 0 bridgehead atoms. The first-order valence-electron chi connectivity index (χ1n) is 15.9. The molecule has 0 aromatic rings. The quantitative estimate of drug-likeness (QED) is 0.262. The zero-order chi connectivity index (χ0) is 32.4. The summed E-state index contributed by atoms with van der Waals surface area (Å²) in [6.07, 6.45) is 7.41. The van der Waals surface area contributed by atoms with E-state index in [-0.39, 0.29) is 43.4 Å². The number of piperazine rings is 1. The molecule has 2 amide bonds. The van der Waals surface area contributed by atoms with Crippen LogP contribution < -0.4 is 0 Å². The van der Waals surface area contributed by atoms with E-state index >= 15 is 0 Å². The molecule has 2 heterocycles. The van der Waals surface area contributed by atoms with Gasteiger partial charge in [0.25, 0.3) is 0 Å². The number of nitrogens with zero attached hydrogens (tertiary/aromatic N) is 3. The minimum Gasteiger partial charge on any atom is -0.449 e. The molecule has 1 aliphatic carbocycles. The van der Waals surface area contributed by atoms with Crippen LogP contribution >= 0.6 is 0 Å². The number of carbonyl (C=O) groups is 4. The predicted molar refractivity (Wildman–Crippen MR) is 166 cm³/mol. The summed E-state index contributed by atoms with van der Waals surface area (Å²) in [5.41, 5.74) is 0.678. The van der Waals surface area contributed by atoms with E-state index in [0.717, 1.165) is 13.1 Å². The monoisotopic (exact) mass is 617 g/mol. The van der Waals surface area contributed by atoms with E-state index in [2.05, 4.69) is 4.90 Å². The molecule has 0 saturated carbocycles. The van der Waals surface area contributed by atoms with E-state index in [4.69, 9.17) is 9.47 Å². The molecule has 0 unspecified atom stereocenters. The molecule has 2 N–H and O–H groups in total. The van der Waals surface area contributed by atoms with Crippen molar-refractivity contribution in [1.82, 2.24) is 14.7 Å². The highest BCUT2D eigenvalue weighted by Gasteiger charge is 2.33. The Morgan fingerprint density at radius 3 is 2.34 bits per heavy atom. The van der Waals surface area contributed by atoms with E-state index < -0.39 is 41.9 Å². The normalized spacial score (nSPS) is 31.4. The van der Waals surface area contributed by atoms with Crippen LogP contribution in [0.3, 0.4) is 0 Å². The Kier molecular flexibility index (Phi) is 13.6. The lowest BCUT2D eigenvalue weighted by molar-refractivity contribution is -0.140. The number of likely N-dealkylation sites (N-methyl/N-ethyl adjacent to an activating group) is 1. The number of allylic oxidation sites excluding steroid dienone is 4. The van der Waals surface area contributed by atoms with Crippen LogP contribution in [0, 0.1) is 23.7 Å². The SMILES string of the molecule is C/C(=C\C=C\[C@@H](C)COC(=O)N1CC[C@@H](O)C1)[C@H]1C(=O)C(=O)C[C@@H](O)CC[C@@H](C)[C@@H](OC(=O)N2CCN(C)CC2)/C=C/[C@@H]1C. The van der Waals surface area contributed by atoms with Gasteiger partial charge in [0, 0.05) is 51.6 Å². The summed E-state index contributed by atoms with van der Waals surface area (Å²) in [5.74, 6) is -2.49. The lowest BCUT2D eigenvalue weighted by atomic mass is 9.80. The molecule has 11 heteroatoms. The average molecular weight is 618 g/mol. The molecule has 3 rings (SSSR count). The zero-order valence-corrected chi connectivity index (χ0v) is 26.9. The van der Waals surface area contributed by atoms with Crippen LogP contribution in [-0.2, 0) is 19.1 Å². The van der Waals surface area contributed by atoms with Gasteiger partial charge in [-0.3, -0.25) is 9.59 Å². The molecule has 2 fully saturated rings. The molecular formula is C33H51N3O8. The lowest BCUT2D eigenvalue weighted by Crippen LogP contribution is -2.48. The number of ketones is 2. The van der Waals surface area contributed by atoms with E-state index in [1.807, 2.05) is 46.0 Å². The number of hydrogen-bond acceptors (Lipinski definition) is 9. The number of Topliss-reactive ketones (excluding diaryl/α,β-unsaturated/α-hetero) is 2. The highest BCUT2D eigenvalue weighted by molar-refractivity contribution is 6.38. The summed E-state index contributed by atoms with van der Waals surface area (Å²) in [4.78, 5) is 56.9. The second-order valence-corrected chi connectivity index (χ2v) is 12.8. The first kappa shape index (κ1) is 35.5. The van der Waals surface area contributed by atoms with Crippen molar-refractivity contribution in [3.63, 3.8) is 0 Å². The van der Waals surface area contributed by atoms with Crippen LogP contribution in [0.25, 0.3) is 0 Å². The van der Waals surface area contributed by atoms with E-state index in [1.165, 1.54) is 4.90 Å². The van der Waals surface area contributed by atoms with E-state index in [9.17, 15) is 29.4 Å². The maximum atomic E-state index is 13.4. The molecule has 0 radical (unpaired) electrons. The second kappa shape index (κ2) is 16.9. The fourth-order valence-corrected chi connectivity index (χ4v) is 5.75. The minimum atomic E-state index is -0.959. The van der Waals surface area contributed by atoms with Gasteiger partial charge in [-0.1, -0.05) is 50.6 Å². The van der Waals surface area contributed by atoms with Crippen molar-refractivity contribution in [2.75, 3.05) is 52.9 Å². The molecular weight excluding hydrogens is 566 g/mol. The third-order valence-corrected chi connectivity index (χ3v) is 8.80. The topological polar surface area (TPSA) is 137 Å². The number of ether oxygens (including phenoxy) is 2. The molecule has 246 valence electrons. The Morgan fingerprint density at radius 2 is 1.68 bits per heavy atom. The number of carbonyl (C=O) groups excluding carboxylic acids is 4. The number of aliphatic hydroxyl groups is 2. The van der Waals surface area contributed by atoms with Crippen molar-refractivity contribution in [3.8, 4) is 0 Å². The average Bonchev–Trinajstić information content (AvgIpc) is 3.42. The van der Waals surface area contributed by atoms with Crippen molar-refractivity contribution in [2.45, 2.75) is 71.7 Å². The van der Waals surface area contributed by atoms with Crippen molar-refractivity contribution in [2.24, 2.45) is 23.7 Å². The summed E-state index contributed by atoms with van der Waals surface area (Å²) >= 11 is 0. The Labute approximate surface area is 261 Å². The molecule has 2 saturated heterocycles. The third kappa shape index (κ3) is 10.6. The molecule has 44 heavy (non-hydrogen) atoms. The van der Waals surface area contributed by atoms with Gasteiger partial charge in [-0.15, -0.1) is 0 Å². The Balaban J connectivity index is 1.71. The molecule has 7 atom stereocenters. The summed E-state index contributed by atoms with van der Waals surface area (Å²) in [5, 5.41) is 20.2. The van der Waals surface area contributed by atoms with Crippen LogP contribution in [0.4, 0.5) is 9.59 Å². The number of likely N-dealkylation sites (tertiary alicyclic amines) is 1. The standard InChI is InChI=1S/C33H51N3O8/c1-22(21-43-32(41)36-14-13-27(38)20-36)7-6-8-24(3)30-25(4)10-12-29(44-33(42)35-17-15-34(5)16-18-35)23(2)9-11-26(37)19-28(39)31(30)40/h6-8,10,12,22-23,25-27,29-30,37-38H,9,11,13-21H2,1-5H3/b7-6+,12-10+,24-8+/t22-,23-,25+,26+,27-,29+,30-/m1/s1. The second-order valence-electron chi connectivity index (χ2n) is 12.8. The van der Waals surface area contributed by atoms with Gasteiger partial charge in [0.15, 0.2) is 0 Å². The lowest BCUT2D eigenvalue weighted by Gasteiger charge is -2.33. The summed E-state index contributed by atoms with van der Waals surface area (Å²) in [6, 6.07) is 0. The maximum absolute atomic E-state index is 13.4. The summed E-state index contributed by atoms with van der Waals surface area (Å²) < 4.78 is 11.3. The number of aliphatic hydroxyl groups excluding tert-OH is 2. The van der Waals surface area contributed by atoms with Gasteiger partial charge >= 0.3 is 12.2 Å². The van der Waals surface area contributed by atoms with Gasteiger partial charge in [-0.05, 0) is 51.1 Å². The maximum Gasteiger partial charge on any atom is 0.410 e. The number of β-amino-alcohol motifs (C(OH)–C–C–N with tert-alkyl or cyclic N) is 1.